The van der Waals surface area contributed by atoms with E-state index in [1.165, 1.54) is 9.80 Å². The Bertz CT molecular complexity index is 544. The Morgan fingerprint density at radius 3 is 2.33 bits per heavy atom. The van der Waals surface area contributed by atoms with E-state index in [1.807, 2.05) is 31.2 Å². The summed E-state index contributed by atoms with van der Waals surface area (Å²) in [5.74, 6) is 0.669. The lowest BCUT2D eigenvalue weighted by Crippen LogP contribution is -3.17. The summed E-state index contributed by atoms with van der Waals surface area (Å²) in [5.41, 5.74) is 1.84. The van der Waals surface area contributed by atoms with Gasteiger partial charge in [0.1, 0.15) is 0 Å². The van der Waals surface area contributed by atoms with Crippen molar-refractivity contribution in [3.05, 3.63) is 29.8 Å². The third kappa shape index (κ3) is 2.72. The fourth-order valence-corrected chi connectivity index (χ4v) is 3.40. The molecule has 2 aliphatic heterocycles. The number of rotatable bonds is 2. The molecule has 1 aromatic rings. The summed E-state index contributed by atoms with van der Waals surface area (Å²) in [6, 6.07) is 7.44. The van der Waals surface area contributed by atoms with Crippen LogP contribution < -0.4 is 9.80 Å². The van der Waals surface area contributed by atoms with Crippen molar-refractivity contribution in [2.24, 2.45) is 5.92 Å². The van der Waals surface area contributed by atoms with Crippen LogP contribution in [0.25, 0.3) is 0 Å². The van der Waals surface area contributed by atoms with E-state index in [4.69, 9.17) is 0 Å². The van der Waals surface area contributed by atoms with E-state index in [2.05, 4.69) is 6.92 Å². The van der Waals surface area contributed by atoms with Gasteiger partial charge in [-0.25, -0.2) is 4.90 Å². The highest BCUT2D eigenvalue weighted by Gasteiger charge is 2.46. The van der Waals surface area contributed by atoms with E-state index >= 15 is 0 Å². The number of benzene rings is 1. The Kier molecular flexibility index (Phi) is 3.81. The first-order valence-corrected chi connectivity index (χ1v) is 7.84. The third-order valence-corrected chi connectivity index (χ3v) is 4.85. The summed E-state index contributed by atoms with van der Waals surface area (Å²) < 4.78 is 0. The average Bonchev–Trinajstić information content (AvgIpc) is 2.76. The smallest absolute Gasteiger partial charge is 0.292 e. The second-order valence-corrected chi connectivity index (χ2v) is 6.50. The van der Waals surface area contributed by atoms with Gasteiger partial charge in [0.2, 0.25) is 5.91 Å². The van der Waals surface area contributed by atoms with Crippen LogP contribution in [-0.4, -0.2) is 30.9 Å². The van der Waals surface area contributed by atoms with Gasteiger partial charge in [-0.15, -0.1) is 0 Å². The molecule has 0 aromatic heterocycles. The number of hydrogen-bond donors (Lipinski definition) is 1. The lowest BCUT2D eigenvalue weighted by Gasteiger charge is -2.30. The molecule has 1 atom stereocenters. The third-order valence-electron chi connectivity index (χ3n) is 4.85. The predicted octanol–water partition coefficient (Wildman–Crippen LogP) is 0.942. The molecule has 2 amide bonds. The molecule has 0 saturated carbocycles. The summed E-state index contributed by atoms with van der Waals surface area (Å²) in [4.78, 5) is 27.6. The Balaban J connectivity index is 1.77. The quantitative estimate of drug-likeness (QED) is 0.823. The van der Waals surface area contributed by atoms with Crippen LogP contribution in [0.2, 0.25) is 0 Å². The summed E-state index contributed by atoms with van der Waals surface area (Å²) in [5, 5.41) is 0. The van der Waals surface area contributed by atoms with Gasteiger partial charge in [-0.05, 0) is 37.8 Å². The van der Waals surface area contributed by atoms with Crippen molar-refractivity contribution in [2.75, 3.05) is 18.0 Å². The molecule has 21 heavy (non-hydrogen) atoms. The Morgan fingerprint density at radius 1 is 1.10 bits per heavy atom. The van der Waals surface area contributed by atoms with Crippen molar-refractivity contribution in [3.63, 3.8) is 0 Å². The van der Waals surface area contributed by atoms with Crippen molar-refractivity contribution in [3.8, 4) is 0 Å². The molecule has 0 aliphatic carbocycles. The van der Waals surface area contributed by atoms with Crippen molar-refractivity contribution < 1.29 is 14.5 Å². The van der Waals surface area contributed by atoms with Gasteiger partial charge in [0.25, 0.3) is 5.91 Å². The largest absolute Gasteiger partial charge is 0.324 e. The normalized spacial score (nSPS) is 30.0. The molecule has 0 spiro atoms. The number of nitrogens with one attached hydrogen (secondary N) is 1. The molecular formula is C17H23N2O2+. The maximum absolute atomic E-state index is 12.7. The summed E-state index contributed by atoms with van der Waals surface area (Å²) in [6.45, 7) is 6.27. The van der Waals surface area contributed by atoms with Gasteiger partial charge in [-0.1, -0.05) is 24.6 Å². The van der Waals surface area contributed by atoms with Crippen LogP contribution in [0.4, 0.5) is 5.69 Å². The summed E-state index contributed by atoms with van der Waals surface area (Å²) in [6.07, 6.45) is 2.66. The minimum Gasteiger partial charge on any atom is -0.324 e. The number of amides is 2. The van der Waals surface area contributed by atoms with Crippen molar-refractivity contribution in [2.45, 2.75) is 39.2 Å². The topological polar surface area (TPSA) is 41.8 Å². The van der Waals surface area contributed by atoms with Crippen molar-refractivity contribution >= 4 is 17.5 Å². The number of quaternary nitrogens is 1. The fourth-order valence-electron chi connectivity index (χ4n) is 3.40. The Morgan fingerprint density at radius 2 is 1.71 bits per heavy atom. The minimum atomic E-state index is -0.175. The molecule has 2 fully saturated rings. The number of carbonyl (C=O) groups is 2. The van der Waals surface area contributed by atoms with Crippen LogP contribution in [0.15, 0.2) is 24.3 Å². The summed E-state index contributed by atoms with van der Waals surface area (Å²) in [7, 11) is 0. The Labute approximate surface area is 125 Å². The molecule has 4 nitrogen and oxygen atoms in total. The molecule has 2 aliphatic rings. The van der Waals surface area contributed by atoms with Crippen LogP contribution in [-0.2, 0) is 9.59 Å². The number of imide groups is 1. The maximum Gasteiger partial charge on any atom is 0.292 e. The monoisotopic (exact) mass is 287 g/mol. The van der Waals surface area contributed by atoms with Crippen LogP contribution in [0.1, 0.15) is 31.7 Å². The number of likely N-dealkylation sites (tertiary alicyclic amines) is 1. The van der Waals surface area contributed by atoms with Gasteiger partial charge in [-0.2, -0.15) is 0 Å². The number of anilines is 1. The minimum absolute atomic E-state index is 0.0200. The lowest BCUT2D eigenvalue weighted by molar-refractivity contribution is -0.920. The fraction of sp³-hybridized carbons (Fsp3) is 0.529. The van der Waals surface area contributed by atoms with E-state index in [0.717, 1.165) is 37.4 Å². The highest BCUT2D eigenvalue weighted by molar-refractivity contribution is 6.21. The first kappa shape index (κ1) is 14.3. The van der Waals surface area contributed by atoms with E-state index in [9.17, 15) is 9.59 Å². The number of carbonyl (C=O) groups excluding carboxylic acids is 2. The number of hydrogen-bond acceptors (Lipinski definition) is 2. The highest BCUT2D eigenvalue weighted by atomic mass is 16.2. The second kappa shape index (κ2) is 5.60. The molecule has 1 aromatic carbocycles. The van der Waals surface area contributed by atoms with Gasteiger partial charge in [0.05, 0.1) is 25.2 Å². The van der Waals surface area contributed by atoms with Gasteiger partial charge in [-0.3, -0.25) is 9.59 Å². The second-order valence-electron chi connectivity index (χ2n) is 6.50. The molecule has 2 heterocycles. The van der Waals surface area contributed by atoms with E-state index in [-0.39, 0.29) is 17.9 Å². The zero-order valence-electron chi connectivity index (χ0n) is 12.8. The van der Waals surface area contributed by atoms with Crippen LogP contribution >= 0.6 is 0 Å². The molecule has 0 bridgehead atoms. The van der Waals surface area contributed by atoms with Crippen molar-refractivity contribution in [1.29, 1.82) is 0 Å². The molecule has 0 unspecified atom stereocenters. The molecule has 0 radical (unpaired) electrons. The average molecular weight is 287 g/mol. The number of aryl methyl sites for hydroxylation is 1. The van der Waals surface area contributed by atoms with E-state index in [0.29, 0.717) is 12.1 Å². The zero-order valence-corrected chi connectivity index (χ0v) is 12.8. The summed E-state index contributed by atoms with van der Waals surface area (Å²) >= 11 is 0. The molecule has 3 rings (SSSR count). The van der Waals surface area contributed by atoms with E-state index < -0.39 is 0 Å². The van der Waals surface area contributed by atoms with Crippen molar-refractivity contribution in [1.82, 2.24) is 0 Å². The van der Waals surface area contributed by atoms with Gasteiger partial charge in [0, 0.05) is 0 Å². The van der Waals surface area contributed by atoms with Gasteiger partial charge >= 0.3 is 0 Å². The van der Waals surface area contributed by atoms with Crippen LogP contribution in [0.3, 0.4) is 0 Å². The first-order valence-electron chi connectivity index (χ1n) is 7.84. The van der Waals surface area contributed by atoms with Crippen LogP contribution in [0, 0.1) is 12.8 Å². The SMILES string of the molecule is Cc1ccc(N2C(=O)C[C@@H]([NH+]3CCC(C)CC3)C2=O)cc1. The molecule has 2 saturated heterocycles. The maximum atomic E-state index is 12.7. The highest BCUT2D eigenvalue weighted by Crippen LogP contribution is 2.22. The van der Waals surface area contributed by atoms with Gasteiger partial charge < -0.3 is 4.90 Å². The van der Waals surface area contributed by atoms with Gasteiger partial charge in [0.15, 0.2) is 6.04 Å². The molecule has 4 heteroatoms. The number of piperidine rings is 1. The molecule has 1 N–H and O–H groups in total. The number of nitrogens with zero attached hydrogens (tertiary/aromatic N) is 1. The molecular weight excluding hydrogens is 264 g/mol. The first-order chi connectivity index (χ1) is 10.1. The molecule has 112 valence electrons. The van der Waals surface area contributed by atoms with E-state index in [1.54, 1.807) is 0 Å². The zero-order chi connectivity index (χ0) is 15.0. The Hall–Kier alpha value is -1.68. The standard InChI is InChI=1S/C17H22N2O2/c1-12-3-5-14(6-4-12)19-16(20)11-15(17(19)21)18-9-7-13(2)8-10-18/h3-6,13,15H,7-11H2,1-2H3/p+1/t15-/m1/s1. The lowest BCUT2D eigenvalue weighted by atomic mass is 9.97. The predicted molar refractivity (Wildman–Crippen MR) is 81.2 cm³/mol. The van der Waals surface area contributed by atoms with Crippen LogP contribution in [0.5, 0.6) is 0 Å².